The van der Waals surface area contributed by atoms with Gasteiger partial charge in [-0.15, -0.1) is 11.3 Å². The standard InChI is InChI=1S/C10H15NO3S/c1-6-3-9(15-7(6)2)10(14)11-4-8(13)5-12/h3,8,12-13H,4-5H2,1-2H3,(H,11,14). The molecule has 0 bridgehead atoms. The molecule has 84 valence electrons. The van der Waals surface area contributed by atoms with Crippen LogP contribution < -0.4 is 5.32 Å². The van der Waals surface area contributed by atoms with Crippen LogP contribution in [0.5, 0.6) is 0 Å². The molecule has 0 spiro atoms. The van der Waals surface area contributed by atoms with Gasteiger partial charge in [-0.3, -0.25) is 4.79 Å². The Hall–Kier alpha value is -0.910. The van der Waals surface area contributed by atoms with Crippen LogP contribution in [-0.4, -0.2) is 35.4 Å². The maximum Gasteiger partial charge on any atom is 0.261 e. The summed E-state index contributed by atoms with van der Waals surface area (Å²) in [4.78, 5) is 13.3. The molecule has 1 atom stereocenters. The average molecular weight is 229 g/mol. The number of aliphatic hydroxyl groups excluding tert-OH is 2. The third kappa shape index (κ3) is 3.30. The molecule has 0 aliphatic carbocycles. The van der Waals surface area contributed by atoms with E-state index in [1.807, 2.05) is 19.9 Å². The Balaban J connectivity index is 2.54. The van der Waals surface area contributed by atoms with Gasteiger partial charge in [-0.05, 0) is 25.5 Å². The summed E-state index contributed by atoms with van der Waals surface area (Å²) >= 11 is 1.43. The van der Waals surface area contributed by atoms with Crippen LogP contribution in [0.15, 0.2) is 6.07 Å². The van der Waals surface area contributed by atoms with Gasteiger partial charge in [0.25, 0.3) is 5.91 Å². The molecule has 1 amide bonds. The largest absolute Gasteiger partial charge is 0.394 e. The van der Waals surface area contributed by atoms with Crippen molar-refractivity contribution < 1.29 is 15.0 Å². The van der Waals surface area contributed by atoms with Gasteiger partial charge in [0.2, 0.25) is 0 Å². The van der Waals surface area contributed by atoms with Crippen molar-refractivity contribution in [3.8, 4) is 0 Å². The molecule has 0 saturated carbocycles. The van der Waals surface area contributed by atoms with Crippen LogP contribution in [0.4, 0.5) is 0 Å². The predicted octanol–water partition coefficient (Wildman–Crippen LogP) is 0.448. The van der Waals surface area contributed by atoms with E-state index in [4.69, 9.17) is 10.2 Å². The van der Waals surface area contributed by atoms with E-state index in [1.54, 1.807) is 0 Å². The number of aliphatic hydroxyl groups is 2. The van der Waals surface area contributed by atoms with Crippen molar-refractivity contribution in [3.63, 3.8) is 0 Å². The molecule has 0 radical (unpaired) electrons. The highest BCUT2D eigenvalue weighted by Crippen LogP contribution is 2.20. The second kappa shape index (κ2) is 5.25. The highest BCUT2D eigenvalue weighted by Gasteiger charge is 2.11. The molecule has 5 heteroatoms. The molecule has 1 rings (SSSR count). The van der Waals surface area contributed by atoms with E-state index in [-0.39, 0.29) is 19.1 Å². The molecule has 0 aliphatic rings. The van der Waals surface area contributed by atoms with Crippen LogP contribution in [-0.2, 0) is 0 Å². The van der Waals surface area contributed by atoms with Crippen LogP contribution >= 0.6 is 11.3 Å². The number of hydrogen-bond donors (Lipinski definition) is 3. The van der Waals surface area contributed by atoms with Crippen molar-refractivity contribution in [1.82, 2.24) is 5.32 Å². The van der Waals surface area contributed by atoms with Crippen molar-refractivity contribution in [1.29, 1.82) is 0 Å². The lowest BCUT2D eigenvalue weighted by Gasteiger charge is -2.07. The summed E-state index contributed by atoms with van der Waals surface area (Å²) in [7, 11) is 0. The molecular formula is C10H15NO3S. The summed E-state index contributed by atoms with van der Waals surface area (Å²) in [5.74, 6) is -0.205. The SMILES string of the molecule is Cc1cc(C(=O)NCC(O)CO)sc1C. The number of aryl methyl sites for hydroxylation is 2. The minimum Gasteiger partial charge on any atom is -0.394 e. The van der Waals surface area contributed by atoms with E-state index in [9.17, 15) is 4.79 Å². The lowest BCUT2D eigenvalue weighted by Crippen LogP contribution is -2.33. The Labute approximate surface area is 92.6 Å². The molecule has 0 saturated heterocycles. The zero-order chi connectivity index (χ0) is 11.4. The van der Waals surface area contributed by atoms with E-state index in [2.05, 4.69) is 5.32 Å². The second-order valence-electron chi connectivity index (χ2n) is 3.40. The third-order valence-electron chi connectivity index (χ3n) is 2.10. The summed E-state index contributed by atoms with van der Waals surface area (Å²) in [6.07, 6.45) is -0.892. The molecule has 0 aromatic carbocycles. The van der Waals surface area contributed by atoms with Gasteiger partial charge in [0.1, 0.15) is 0 Å². The fourth-order valence-corrected chi connectivity index (χ4v) is 2.00. The zero-order valence-corrected chi connectivity index (χ0v) is 9.60. The topological polar surface area (TPSA) is 69.6 Å². The summed E-state index contributed by atoms with van der Waals surface area (Å²) in [6.45, 7) is 3.64. The first-order valence-electron chi connectivity index (χ1n) is 4.68. The molecule has 0 aliphatic heterocycles. The molecule has 1 unspecified atom stereocenters. The Kier molecular flexibility index (Phi) is 4.26. The van der Waals surface area contributed by atoms with Crippen LogP contribution in [0.2, 0.25) is 0 Å². The fourth-order valence-electron chi connectivity index (χ4n) is 1.05. The lowest BCUT2D eigenvalue weighted by molar-refractivity contribution is 0.0804. The van der Waals surface area contributed by atoms with Gasteiger partial charge in [0.15, 0.2) is 0 Å². The van der Waals surface area contributed by atoms with Crippen LogP contribution in [0, 0.1) is 13.8 Å². The fraction of sp³-hybridized carbons (Fsp3) is 0.500. The van der Waals surface area contributed by atoms with Crippen molar-refractivity contribution in [2.24, 2.45) is 0 Å². The molecule has 4 nitrogen and oxygen atoms in total. The normalized spacial score (nSPS) is 12.5. The number of amides is 1. The lowest BCUT2D eigenvalue weighted by atomic mass is 10.3. The minimum atomic E-state index is -0.892. The minimum absolute atomic E-state index is 0.0747. The third-order valence-corrected chi connectivity index (χ3v) is 3.25. The van der Waals surface area contributed by atoms with Gasteiger partial charge in [-0.2, -0.15) is 0 Å². The predicted molar refractivity (Wildman–Crippen MR) is 59.2 cm³/mol. The Morgan fingerprint density at radius 1 is 1.60 bits per heavy atom. The smallest absolute Gasteiger partial charge is 0.261 e. The van der Waals surface area contributed by atoms with Crippen molar-refractivity contribution >= 4 is 17.2 Å². The zero-order valence-electron chi connectivity index (χ0n) is 8.78. The van der Waals surface area contributed by atoms with Crippen molar-refractivity contribution in [3.05, 3.63) is 21.4 Å². The van der Waals surface area contributed by atoms with Crippen LogP contribution in [0.25, 0.3) is 0 Å². The first-order valence-corrected chi connectivity index (χ1v) is 5.50. The molecule has 1 heterocycles. The van der Waals surface area contributed by atoms with E-state index < -0.39 is 6.10 Å². The van der Waals surface area contributed by atoms with Crippen molar-refractivity contribution in [2.75, 3.05) is 13.2 Å². The summed E-state index contributed by atoms with van der Waals surface area (Å²) in [5, 5.41) is 20.2. The summed E-state index contributed by atoms with van der Waals surface area (Å²) in [6, 6.07) is 1.82. The van der Waals surface area contributed by atoms with E-state index >= 15 is 0 Å². The highest BCUT2D eigenvalue weighted by atomic mass is 32.1. The van der Waals surface area contributed by atoms with E-state index in [1.165, 1.54) is 11.3 Å². The van der Waals surface area contributed by atoms with Gasteiger partial charge < -0.3 is 15.5 Å². The number of carbonyl (C=O) groups is 1. The second-order valence-corrected chi connectivity index (χ2v) is 4.65. The van der Waals surface area contributed by atoms with Crippen LogP contribution in [0.1, 0.15) is 20.1 Å². The first kappa shape index (κ1) is 12.2. The number of thiophene rings is 1. The number of nitrogens with one attached hydrogen (secondary N) is 1. The van der Waals surface area contributed by atoms with E-state index in [0.717, 1.165) is 10.4 Å². The van der Waals surface area contributed by atoms with Gasteiger partial charge in [-0.25, -0.2) is 0 Å². The maximum atomic E-state index is 11.5. The highest BCUT2D eigenvalue weighted by molar-refractivity contribution is 7.14. The van der Waals surface area contributed by atoms with E-state index in [0.29, 0.717) is 4.88 Å². The van der Waals surface area contributed by atoms with Crippen LogP contribution in [0.3, 0.4) is 0 Å². The molecule has 3 N–H and O–H groups in total. The maximum absolute atomic E-state index is 11.5. The average Bonchev–Trinajstić information content (AvgIpc) is 2.55. The van der Waals surface area contributed by atoms with Crippen molar-refractivity contribution in [2.45, 2.75) is 20.0 Å². The number of hydrogen-bond acceptors (Lipinski definition) is 4. The summed E-state index contributed by atoms with van der Waals surface area (Å²) in [5.41, 5.74) is 1.09. The monoisotopic (exact) mass is 229 g/mol. The Morgan fingerprint density at radius 2 is 2.27 bits per heavy atom. The van der Waals surface area contributed by atoms with Gasteiger partial charge in [0.05, 0.1) is 17.6 Å². The van der Waals surface area contributed by atoms with Gasteiger partial charge >= 0.3 is 0 Å². The number of carbonyl (C=O) groups excluding carboxylic acids is 1. The molecule has 1 aromatic heterocycles. The molecular weight excluding hydrogens is 214 g/mol. The molecule has 1 aromatic rings. The quantitative estimate of drug-likeness (QED) is 0.702. The Morgan fingerprint density at radius 3 is 2.73 bits per heavy atom. The van der Waals surface area contributed by atoms with Gasteiger partial charge in [-0.1, -0.05) is 0 Å². The van der Waals surface area contributed by atoms with Gasteiger partial charge in [0, 0.05) is 11.4 Å². The first-order chi connectivity index (χ1) is 7.04. The Bertz CT molecular complexity index is 329. The molecule has 0 fully saturated rings. The summed E-state index contributed by atoms with van der Waals surface area (Å²) < 4.78 is 0. The molecule has 15 heavy (non-hydrogen) atoms. The number of rotatable bonds is 4.